The summed E-state index contributed by atoms with van der Waals surface area (Å²) in [6.45, 7) is 9.64. The number of aryl methyl sites for hydroxylation is 1. The van der Waals surface area contributed by atoms with E-state index in [0.717, 1.165) is 47.1 Å². The van der Waals surface area contributed by atoms with Crippen molar-refractivity contribution in [2.75, 3.05) is 56.1 Å². The maximum absolute atomic E-state index is 13.2. The summed E-state index contributed by atoms with van der Waals surface area (Å²) < 4.78 is 28.0. The third-order valence-corrected chi connectivity index (χ3v) is 9.83. The molecule has 3 heterocycles. The lowest BCUT2D eigenvalue weighted by molar-refractivity contribution is 0.222. The number of hydrogen-bond donors (Lipinski definition) is 2. The molecule has 1 saturated heterocycles. The van der Waals surface area contributed by atoms with Crippen molar-refractivity contribution in [2.24, 2.45) is 5.92 Å². The Morgan fingerprint density at radius 3 is 2.20 bits per heavy atom. The molecular weight excluding hydrogens is 557 g/mol. The molecular formula is C29H36N8O2S2. The molecule has 5 rings (SSSR count). The molecule has 0 radical (unpaired) electrons. The third kappa shape index (κ3) is 6.35. The van der Waals surface area contributed by atoms with Crippen molar-refractivity contribution in [2.45, 2.75) is 25.7 Å². The van der Waals surface area contributed by atoms with Crippen LogP contribution in [0.15, 0.2) is 58.8 Å². The molecule has 0 atom stereocenters. The Kier molecular flexibility index (Phi) is 8.28. The van der Waals surface area contributed by atoms with Crippen LogP contribution in [0.1, 0.15) is 19.4 Å². The number of hydrogen-bond acceptors (Lipinski definition) is 10. The van der Waals surface area contributed by atoms with Crippen LogP contribution in [0.3, 0.4) is 0 Å². The predicted molar refractivity (Wildman–Crippen MR) is 167 cm³/mol. The number of benzene rings is 2. The van der Waals surface area contributed by atoms with Gasteiger partial charge in [0.2, 0.25) is 10.0 Å². The minimum Gasteiger partial charge on any atom is -0.384 e. The Morgan fingerprint density at radius 1 is 0.927 bits per heavy atom. The molecule has 4 aromatic rings. The fraction of sp³-hybridized carbons (Fsp3) is 0.345. The van der Waals surface area contributed by atoms with Crippen LogP contribution in [0.4, 0.5) is 22.5 Å². The van der Waals surface area contributed by atoms with Gasteiger partial charge in [-0.05, 0) is 54.8 Å². The molecule has 12 heteroatoms. The lowest BCUT2D eigenvalue weighted by Crippen LogP contribution is -2.46. The largest absolute Gasteiger partial charge is 0.384 e. The van der Waals surface area contributed by atoms with Crippen LogP contribution in [0.2, 0.25) is 0 Å². The Bertz CT molecular complexity index is 1610. The van der Waals surface area contributed by atoms with Crippen LogP contribution in [0.25, 0.3) is 22.6 Å². The van der Waals surface area contributed by atoms with Gasteiger partial charge in [-0.2, -0.15) is 4.31 Å². The lowest BCUT2D eigenvalue weighted by atomic mass is 10.0. The van der Waals surface area contributed by atoms with E-state index in [0.29, 0.717) is 47.1 Å². The standard InChI is InChI=1S/C29H36N8O2S2/c1-19(2)17-37(29-32-24(18-40-29)28-33-26(30)16-27(31)34-28)25-15-22(6-5-20(25)3)21-7-9-23(10-8-21)41(38,39)36-13-11-35(4)12-14-36/h5-10,15-16,18-19H,11-14,17H2,1-4H3,(H4,30,31,33,34). The fourth-order valence-corrected chi connectivity index (χ4v) is 7.06. The quantitative estimate of drug-likeness (QED) is 0.304. The first-order valence-corrected chi connectivity index (χ1v) is 15.9. The molecule has 2 aromatic heterocycles. The summed E-state index contributed by atoms with van der Waals surface area (Å²) in [5, 5.41) is 2.72. The number of likely N-dealkylation sites (N-methyl/N-ethyl adjacent to an activating group) is 1. The van der Waals surface area contributed by atoms with Crippen LogP contribution in [-0.2, 0) is 10.0 Å². The van der Waals surface area contributed by atoms with Crippen molar-refractivity contribution in [3.05, 3.63) is 59.5 Å². The number of rotatable bonds is 8. The number of sulfonamides is 1. The number of nitrogens with zero attached hydrogens (tertiary/aromatic N) is 6. The first-order valence-electron chi connectivity index (χ1n) is 13.5. The monoisotopic (exact) mass is 592 g/mol. The Morgan fingerprint density at radius 2 is 1.56 bits per heavy atom. The average molecular weight is 593 g/mol. The second-order valence-electron chi connectivity index (χ2n) is 10.8. The Balaban J connectivity index is 1.45. The van der Waals surface area contributed by atoms with Gasteiger partial charge in [-0.25, -0.2) is 23.4 Å². The van der Waals surface area contributed by atoms with Crippen molar-refractivity contribution in [1.82, 2.24) is 24.2 Å². The van der Waals surface area contributed by atoms with Crippen molar-refractivity contribution < 1.29 is 8.42 Å². The van der Waals surface area contributed by atoms with E-state index in [4.69, 9.17) is 16.5 Å². The number of nitrogens with two attached hydrogens (primary N) is 2. The average Bonchev–Trinajstić information content (AvgIpc) is 3.42. The number of thiazole rings is 1. The second kappa shape index (κ2) is 11.7. The minimum absolute atomic E-state index is 0.298. The number of nitrogen functional groups attached to an aromatic ring is 2. The SMILES string of the molecule is Cc1ccc(-c2ccc(S(=O)(=O)N3CCN(C)CC3)cc2)cc1N(CC(C)C)c1nc(-c2nc(N)cc(N)n2)cs1. The summed E-state index contributed by atoms with van der Waals surface area (Å²) in [5.74, 6) is 1.36. The van der Waals surface area contributed by atoms with Gasteiger partial charge in [-0.3, -0.25) is 0 Å². The molecule has 216 valence electrons. The smallest absolute Gasteiger partial charge is 0.243 e. The van der Waals surface area contributed by atoms with Crippen LogP contribution < -0.4 is 16.4 Å². The van der Waals surface area contributed by atoms with E-state index in [1.807, 2.05) is 24.6 Å². The van der Waals surface area contributed by atoms with Gasteiger partial charge in [-0.1, -0.05) is 38.1 Å². The summed E-state index contributed by atoms with van der Waals surface area (Å²) in [4.78, 5) is 18.1. The van der Waals surface area contributed by atoms with E-state index in [2.05, 4.69) is 58.7 Å². The van der Waals surface area contributed by atoms with Gasteiger partial charge < -0.3 is 21.3 Å². The fourth-order valence-electron chi connectivity index (χ4n) is 4.81. The highest BCUT2D eigenvalue weighted by Crippen LogP contribution is 2.36. The highest BCUT2D eigenvalue weighted by molar-refractivity contribution is 7.89. The molecule has 2 aromatic carbocycles. The van der Waals surface area contributed by atoms with E-state index in [1.54, 1.807) is 16.4 Å². The van der Waals surface area contributed by atoms with E-state index in [1.165, 1.54) is 17.4 Å². The molecule has 1 aliphatic rings. The van der Waals surface area contributed by atoms with Gasteiger partial charge in [0, 0.05) is 49.9 Å². The molecule has 0 saturated carbocycles. The molecule has 0 unspecified atom stereocenters. The zero-order valence-electron chi connectivity index (χ0n) is 23.8. The minimum atomic E-state index is -3.52. The zero-order chi connectivity index (χ0) is 29.3. The summed E-state index contributed by atoms with van der Waals surface area (Å²) in [7, 11) is -1.51. The zero-order valence-corrected chi connectivity index (χ0v) is 25.4. The maximum atomic E-state index is 13.2. The topological polar surface area (TPSA) is 135 Å². The maximum Gasteiger partial charge on any atom is 0.243 e. The summed E-state index contributed by atoms with van der Waals surface area (Å²) in [5.41, 5.74) is 16.4. The molecule has 1 aliphatic heterocycles. The van der Waals surface area contributed by atoms with Crippen molar-refractivity contribution in [3.8, 4) is 22.6 Å². The van der Waals surface area contributed by atoms with Crippen LogP contribution >= 0.6 is 11.3 Å². The van der Waals surface area contributed by atoms with Crippen molar-refractivity contribution in [1.29, 1.82) is 0 Å². The van der Waals surface area contributed by atoms with E-state index in [9.17, 15) is 8.42 Å². The normalized spacial score (nSPS) is 15.0. The molecule has 0 bridgehead atoms. The van der Waals surface area contributed by atoms with Crippen LogP contribution in [-0.4, -0.2) is 72.3 Å². The van der Waals surface area contributed by atoms with E-state index >= 15 is 0 Å². The van der Waals surface area contributed by atoms with E-state index < -0.39 is 10.0 Å². The molecule has 10 nitrogen and oxygen atoms in total. The Hall–Kier alpha value is -3.58. The number of piperazine rings is 1. The summed E-state index contributed by atoms with van der Waals surface area (Å²) in [6, 6.07) is 15.0. The van der Waals surface area contributed by atoms with Gasteiger partial charge in [0.25, 0.3) is 0 Å². The number of aromatic nitrogens is 3. The first-order chi connectivity index (χ1) is 19.5. The first kappa shape index (κ1) is 28.9. The van der Waals surface area contributed by atoms with Gasteiger partial charge >= 0.3 is 0 Å². The highest BCUT2D eigenvalue weighted by Gasteiger charge is 2.27. The summed E-state index contributed by atoms with van der Waals surface area (Å²) >= 11 is 1.51. The lowest BCUT2D eigenvalue weighted by Gasteiger charge is -2.31. The Labute approximate surface area is 245 Å². The van der Waals surface area contributed by atoms with Gasteiger partial charge in [-0.15, -0.1) is 11.3 Å². The molecule has 41 heavy (non-hydrogen) atoms. The van der Waals surface area contributed by atoms with Crippen LogP contribution in [0.5, 0.6) is 0 Å². The summed E-state index contributed by atoms with van der Waals surface area (Å²) in [6.07, 6.45) is 0. The van der Waals surface area contributed by atoms with Crippen molar-refractivity contribution in [3.63, 3.8) is 0 Å². The van der Waals surface area contributed by atoms with Crippen LogP contribution in [0, 0.1) is 12.8 Å². The highest BCUT2D eigenvalue weighted by atomic mass is 32.2. The molecule has 0 amide bonds. The predicted octanol–water partition coefficient (Wildman–Crippen LogP) is 4.47. The van der Waals surface area contributed by atoms with Crippen molar-refractivity contribution >= 4 is 43.8 Å². The van der Waals surface area contributed by atoms with Gasteiger partial charge in [0.05, 0.1) is 4.90 Å². The second-order valence-corrected chi connectivity index (χ2v) is 13.6. The van der Waals surface area contributed by atoms with Gasteiger partial charge in [0.1, 0.15) is 17.3 Å². The van der Waals surface area contributed by atoms with E-state index in [-0.39, 0.29) is 0 Å². The molecule has 4 N–H and O–H groups in total. The third-order valence-electron chi connectivity index (χ3n) is 7.05. The molecule has 0 aliphatic carbocycles. The van der Waals surface area contributed by atoms with Gasteiger partial charge in [0.15, 0.2) is 11.0 Å². The molecule has 0 spiro atoms. The number of anilines is 4. The molecule has 1 fully saturated rings.